The van der Waals surface area contributed by atoms with Gasteiger partial charge in [0.15, 0.2) is 11.2 Å². The van der Waals surface area contributed by atoms with E-state index in [0.29, 0.717) is 22.5 Å². The van der Waals surface area contributed by atoms with Gasteiger partial charge >= 0.3 is 0 Å². The first kappa shape index (κ1) is 15.8. The number of rotatable bonds is 3. The maximum atomic E-state index is 12.4. The van der Waals surface area contributed by atoms with Gasteiger partial charge in [0.25, 0.3) is 5.91 Å². The molecule has 0 unspecified atom stereocenters. The quantitative estimate of drug-likeness (QED) is 0.616. The van der Waals surface area contributed by atoms with Crippen LogP contribution in [0.25, 0.3) is 16.8 Å². The van der Waals surface area contributed by atoms with Gasteiger partial charge in [-0.05, 0) is 31.2 Å². The molecule has 0 fully saturated rings. The van der Waals surface area contributed by atoms with Crippen molar-refractivity contribution in [1.29, 1.82) is 0 Å². The molecule has 4 rings (SSSR count). The first-order valence-corrected chi connectivity index (χ1v) is 7.92. The summed E-state index contributed by atoms with van der Waals surface area (Å²) in [6, 6.07) is 11.5. The minimum atomic E-state index is -0.513. The predicted octanol–water partition coefficient (Wildman–Crippen LogP) is 2.93. The first-order valence-electron chi connectivity index (χ1n) is 7.92. The van der Waals surface area contributed by atoms with E-state index in [-0.39, 0.29) is 11.2 Å². The highest BCUT2D eigenvalue weighted by molar-refractivity contribution is 6.02. The smallest absolute Gasteiger partial charge is 0.291 e. The minimum absolute atomic E-state index is 0.0526. The van der Waals surface area contributed by atoms with Gasteiger partial charge in [-0.15, -0.1) is 0 Å². The van der Waals surface area contributed by atoms with E-state index >= 15 is 0 Å². The number of nitrogens with zero attached hydrogens (tertiary/aromatic N) is 3. The Morgan fingerprint density at radius 2 is 2.00 bits per heavy atom. The molecule has 7 heteroatoms. The molecule has 1 amide bonds. The van der Waals surface area contributed by atoms with Crippen LogP contribution in [0.15, 0.2) is 70.3 Å². The molecule has 0 saturated heterocycles. The fraction of sp³-hybridized carbons (Fsp3) is 0.0526. The molecule has 4 aromatic rings. The SMILES string of the molecule is Cc1nccn1-c1ccc(NC(=O)c2cc(=O)c3ccccc3o2)cn1. The second-order valence-corrected chi connectivity index (χ2v) is 5.67. The van der Waals surface area contributed by atoms with Crippen LogP contribution in [0, 0.1) is 6.92 Å². The number of carbonyl (C=O) groups excluding carboxylic acids is 1. The van der Waals surface area contributed by atoms with E-state index in [0.717, 1.165) is 5.82 Å². The van der Waals surface area contributed by atoms with Crippen LogP contribution < -0.4 is 10.7 Å². The maximum absolute atomic E-state index is 12.4. The Bertz CT molecular complexity index is 1160. The molecule has 128 valence electrons. The van der Waals surface area contributed by atoms with Crippen LogP contribution in [-0.4, -0.2) is 20.4 Å². The standard InChI is InChI=1S/C19H14N4O3/c1-12-20-8-9-23(12)18-7-6-13(11-21-18)22-19(25)17-10-15(24)14-4-2-3-5-16(14)26-17/h2-11H,1H3,(H,22,25). The highest BCUT2D eigenvalue weighted by Gasteiger charge is 2.13. The van der Waals surface area contributed by atoms with Crippen molar-refractivity contribution >= 4 is 22.6 Å². The summed E-state index contributed by atoms with van der Waals surface area (Å²) in [5, 5.41) is 3.11. The summed E-state index contributed by atoms with van der Waals surface area (Å²) in [4.78, 5) is 33.0. The highest BCUT2D eigenvalue weighted by atomic mass is 16.3. The fourth-order valence-corrected chi connectivity index (χ4v) is 2.63. The molecule has 26 heavy (non-hydrogen) atoms. The van der Waals surface area contributed by atoms with Gasteiger partial charge in [0, 0.05) is 18.5 Å². The molecule has 0 bridgehead atoms. The zero-order chi connectivity index (χ0) is 18.1. The molecule has 3 heterocycles. The summed E-state index contributed by atoms with van der Waals surface area (Å²) in [6.07, 6.45) is 5.03. The van der Waals surface area contributed by atoms with Crippen molar-refractivity contribution in [3.05, 3.63) is 82.9 Å². The van der Waals surface area contributed by atoms with Crippen LogP contribution in [0.4, 0.5) is 5.69 Å². The summed E-state index contributed by atoms with van der Waals surface area (Å²) in [6.45, 7) is 1.87. The minimum Gasteiger partial charge on any atom is -0.451 e. The number of imidazole rings is 1. The Morgan fingerprint density at radius 1 is 1.15 bits per heavy atom. The van der Waals surface area contributed by atoms with Gasteiger partial charge in [0.05, 0.1) is 17.3 Å². The molecule has 0 aliphatic heterocycles. The molecule has 0 atom stereocenters. The molecule has 0 radical (unpaired) electrons. The van der Waals surface area contributed by atoms with Crippen LogP contribution >= 0.6 is 0 Å². The van der Waals surface area contributed by atoms with Crippen molar-refractivity contribution in [1.82, 2.24) is 14.5 Å². The summed E-state index contributed by atoms with van der Waals surface area (Å²) in [7, 11) is 0. The summed E-state index contributed by atoms with van der Waals surface area (Å²) in [5.41, 5.74) is 0.600. The lowest BCUT2D eigenvalue weighted by Crippen LogP contribution is -2.15. The van der Waals surface area contributed by atoms with Crippen LogP contribution in [0.3, 0.4) is 0 Å². The monoisotopic (exact) mass is 346 g/mol. The van der Waals surface area contributed by atoms with Crippen LogP contribution in [0.2, 0.25) is 0 Å². The molecular weight excluding hydrogens is 332 g/mol. The maximum Gasteiger partial charge on any atom is 0.291 e. The lowest BCUT2D eigenvalue weighted by atomic mass is 10.2. The molecule has 1 N–H and O–H groups in total. The number of amides is 1. The second-order valence-electron chi connectivity index (χ2n) is 5.67. The normalized spacial score (nSPS) is 10.8. The first-order chi connectivity index (χ1) is 12.6. The third-order valence-corrected chi connectivity index (χ3v) is 3.94. The van der Waals surface area contributed by atoms with Gasteiger partial charge in [-0.1, -0.05) is 12.1 Å². The van der Waals surface area contributed by atoms with E-state index in [9.17, 15) is 9.59 Å². The molecule has 1 aromatic carbocycles. The number of anilines is 1. The van der Waals surface area contributed by atoms with Crippen LogP contribution in [0.5, 0.6) is 0 Å². The predicted molar refractivity (Wildman–Crippen MR) is 96.5 cm³/mol. The molecule has 0 spiro atoms. The van der Waals surface area contributed by atoms with Gasteiger partial charge in [0.1, 0.15) is 17.2 Å². The van der Waals surface area contributed by atoms with Crippen LogP contribution in [0.1, 0.15) is 16.4 Å². The largest absolute Gasteiger partial charge is 0.451 e. The fourth-order valence-electron chi connectivity index (χ4n) is 2.63. The van der Waals surface area contributed by atoms with Crippen molar-refractivity contribution in [3.63, 3.8) is 0 Å². The zero-order valence-corrected chi connectivity index (χ0v) is 13.8. The van der Waals surface area contributed by atoms with Crippen molar-refractivity contribution in [2.45, 2.75) is 6.92 Å². The average molecular weight is 346 g/mol. The molecule has 7 nitrogen and oxygen atoms in total. The third-order valence-electron chi connectivity index (χ3n) is 3.94. The molecular formula is C19H14N4O3. The van der Waals surface area contributed by atoms with E-state index in [1.54, 1.807) is 48.8 Å². The number of aromatic nitrogens is 3. The zero-order valence-electron chi connectivity index (χ0n) is 13.8. The van der Waals surface area contributed by atoms with Crippen LogP contribution in [-0.2, 0) is 0 Å². The number of pyridine rings is 1. The van der Waals surface area contributed by atoms with Gasteiger partial charge in [-0.25, -0.2) is 9.97 Å². The number of hydrogen-bond acceptors (Lipinski definition) is 5. The van der Waals surface area contributed by atoms with E-state index in [1.807, 2.05) is 11.5 Å². The van der Waals surface area contributed by atoms with E-state index in [4.69, 9.17) is 4.42 Å². The van der Waals surface area contributed by atoms with Crippen molar-refractivity contribution in [2.24, 2.45) is 0 Å². The Kier molecular flexibility index (Phi) is 3.81. The number of nitrogens with one attached hydrogen (secondary N) is 1. The van der Waals surface area contributed by atoms with E-state index < -0.39 is 5.91 Å². The number of carbonyl (C=O) groups is 1. The number of aryl methyl sites for hydroxylation is 1. The highest BCUT2D eigenvalue weighted by Crippen LogP contribution is 2.15. The summed E-state index contributed by atoms with van der Waals surface area (Å²) >= 11 is 0. The van der Waals surface area contributed by atoms with Crippen molar-refractivity contribution in [2.75, 3.05) is 5.32 Å². The molecule has 0 aliphatic rings. The van der Waals surface area contributed by atoms with Gasteiger partial charge in [-0.3, -0.25) is 14.2 Å². The lowest BCUT2D eigenvalue weighted by Gasteiger charge is -2.07. The van der Waals surface area contributed by atoms with Gasteiger partial charge in [0.2, 0.25) is 0 Å². The van der Waals surface area contributed by atoms with Gasteiger partial charge < -0.3 is 9.73 Å². The Hall–Kier alpha value is -3.74. The third kappa shape index (κ3) is 2.86. The van der Waals surface area contributed by atoms with E-state index in [1.165, 1.54) is 12.3 Å². The number of benzene rings is 1. The van der Waals surface area contributed by atoms with Crippen molar-refractivity contribution in [3.8, 4) is 5.82 Å². The number of fused-ring (bicyclic) bond motifs is 1. The summed E-state index contributed by atoms with van der Waals surface area (Å²) < 4.78 is 7.36. The van der Waals surface area contributed by atoms with Gasteiger partial charge in [-0.2, -0.15) is 0 Å². The topological polar surface area (TPSA) is 90.0 Å². The number of para-hydroxylation sites is 1. The molecule has 0 aliphatic carbocycles. The Morgan fingerprint density at radius 3 is 2.73 bits per heavy atom. The second kappa shape index (κ2) is 6.29. The average Bonchev–Trinajstić information content (AvgIpc) is 3.08. The Labute approximate surface area is 147 Å². The number of hydrogen-bond donors (Lipinski definition) is 1. The Balaban J connectivity index is 1.58. The van der Waals surface area contributed by atoms with Crippen molar-refractivity contribution < 1.29 is 9.21 Å². The molecule has 3 aromatic heterocycles. The lowest BCUT2D eigenvalue weighted by molar-refractivity contribution is 0.0997. The summed E-state index contributed by atoms with van der Waals surface area (Å²) in [5.74, 6) is 0.937. The van der Waals surface area contributed by atoms with E-state index in [2.05, 4.69) is 15.3 Å². The molecule has 0 saturated carbocycles.